The number of ketones is 1. The number of hydrogen-bond donors (Lipinski definition) is 1. The monoisotopic (exact) mass is 373 g/mol. The molecule has 0 fully saturated rings. The van der Waals surface area contributed by atoms with Gasteiger partial charge in [-0.2, -0.15) is 0 Å². The summed E-state index contributed by atoms with van der Waals surface area (Å²) in [7, 11) is -3.86. The average Bonchev–Trinajstić information content (AvgIpc) is 2.60. The van der Waals surface area contributed by atoms with Crippen LogP contribution in [0.3, 0.4) is 0 Å². The summed E-state index contributed by atoms with van der Waals surface area (Å²) in [6, 6.07) is 12.7. The molecule has 0 saturated heterocycles. The minimum atomic E-state index is -3.86. The van der Waals surface area contributed by atoms with Crippen molar-refractivity contribution in [2.24, 2.45) is 5.14 Å². The highest BCUT2D eigenvalue weighted by Gasteiger charge is 2.20. The van der Waals surface area contributed by atoms with Crippen molar-refractivity contribution >= 4 is 26.6 Å². The van der Waals surface area contributed by atoms with Crippen molar-refractivity contribution in [3.63, 3.8) is 0 Å². The SMILES string of the molecule is CCOc1ccc2cc(S(N)(=O)=O)ccc2c1C(=O)c1ccc(F)cc1. The zero-order chi connectivity index (χ0) is 18.9. The molecule has 0 aliphatic carbocycles. The van der Waals surface area contributed by atoms with Crippen molar-refractivity contribution in [2.75, 3.05) is 6.61 Å². The lowest BCUT2D eigenvalue weighted by Gasteiger charge is -2.13. The van der Waals surface area contributed by atoms with Crippen LogP contribution < -0.4 is 9.88 Å². The van der Waals surface area contributed by atoms with Crippen LogP contribution in [0.4, 0.5) is 4.39 Å². The second kappa shape index (κ2) is 6.86. The Morgan fingerprint density at radius 3 is 2.38 bits per heavy atom. The van der Waals surface area contributed by atoms with Crippen LogP contribution >= 0.6 is 0 Å². The van der Waals surface area contributed by atoms with Gasteiger partial charge in [-0.05, 0) is 60.2 Å². The van der Waals surface area contributed by atoms with Crippen LogP contribution in [0.1, 0.15) is 22.8 Å². The number of fused-ring (bicyclic) bond motifs is 1. The second-order valence-electron chi connectivity index (χ2n) is 5.64. The van der Waals surface area contributed by atoms with Crippen LogP contribution in [0, 0.1) is 5.82 Å². The van der Waals surface area contributed by atoms with Crippen molar-refractivity contribution < 1.29 is 22.3 Å². The van der Waals surface area contributed by atoms with Gasteiger partial charge < -0.3 is 4.74 Å². The Hall–Kier alpha value is -2.77. The zero-order valence-electron chi connectivity index (χ0n) is 13.9. The van der Waals surface area contributed by atoms with Gasteiger partial charge in [-0.25, -0.2) is 17.9 Å². The molecule has 2 N–H and O–H groups in total. The van der Waals surface area contributed by atoms with E-state index in [0.29, 0.717) is 28.7 Å². The highest BCUT2D eigenvalue weighted by molar-refractivity contribution is 7.89. The summed E-state index contributed by atoms with van der Waals surface area (Å²) < 4.78 is 41.9. The first-order valence-corrected chi connectivity index (χ1v) is 9.38. The Morgan fingerprint density at radius 2 is 1.77 bits per heavy atom. The van der Waals surface area contributed by atoms with Crippen LogP contribution in [0.25, 0.3) is 10.8 Å². The number of rotatable bonds is 5. The summed E-state index contributed by atoms with van der Waals surface area (Å²) in [4.78, 5) is 13.0. The first-order chi connectivity index (χ1) is 12.3. The van der Waals surface area contributed by atoms with Gasteiger partial charge in [0.25, 0.3) is 0 Å². The van der Waals surface area contributed by atoms with Gasteiger partial charge in [0.1, 0.15) is 11.6 Å². The predicted molar refractivity (Wildman–Crippen MR) is 96.3 cm³/mol. The summed E-state index contributed by atoms with van der Waals surface area (Å²) in [5, 5.41) is 6.23. The van der Waals surface area contributed by atoms with E-state index in [1.165, 1.54) is 42.5 Å². The Kier molecular flexibility index (Phi) is 4.76. The summed E-state index contributed by atoms with van der Waals surface area (Å²) in [5.74, 6) is -0.414. The molecule has 0 heterocycles. The molecule has 0 amide bonds. The van der Waals surface area contributed by atoms with Gasteiger partial charge in [0, 0.05) is 5.56 Å². The molecule has 26 heavy (non-hydrogen) atoms. The smallest absolute Gasteiger partial charge is 0.238 e. The Bertz CT molecular complexity index is 1090. The Balaban J connectivity index is 2.24. The lowest BCUT2D eigenvalue weighted by atomic mass is 9.96. The average molecular weight is 373 g/mol. The maximum absolute atomic E-state index is 13.2. The van der Waals surface area contributed by atoms with E-state index in [-0.39, 0.29) is 16.2 Å². The third-order valence-corrected chi connectivity index (χ3v) is 4.83. The molecule has 0 aliphatic heterocycles. The van der Waals surface area contributed by atoms with Crippen molar-refractivity contribution in [3.05, 3.63) is 71.5 Å². The summed E-state index contributed by atoms with van der Waals surface area (Å²) in [6.07, 6.45) is 0. The van der Waals surface area contributed by atoms with Gasteiger partial charge in [-0.15, -0.1) is 0 Å². The van der Waals surface area contributed by atoms with Crippen LogP contribution in [0.5, 0.6) is 5.75 Å². The normalized spacial score (nSPS) is 11.5. The maximum Gasteiger partial charge on any atom is 0.238 e. The van der Waals surface area contributed by atoms with Crippen molar-refractivity contribution in [2.45, 2.75) is 11.8 Å². The first-order valence-electron chi connectivity index (χ1n) is 7.84. The summed E-state index contributed by atoms with van der Waals surface area (Å²) >= 11 is 0. The van der Waals surface area contributed by atoms with E-state index in [9.17, 15) is 17.6 Å². The minimum Gasteiger partial charge on any atom is -0.493 e. The van der Waals surface area contributed by atoms with Crippen molar-refractivity contribution in [1.82, 2.24) is 0 Å². The molecular weight excluding hydrogens is 357 g/mol. The molecule has 0 unspecified atom stereocenters. The molecule has 0 spiro atoms. The fourth-order valence-corrected chi connectivity index (χ4v) is 3.27. The van der Waals surface area contributed by atoms with Gasteiger partial charge in [0.2, 0.25) is 10.0 Å². The van der Waals surface area contributed by atoms with Gasteiger partial charge in [-0.3, -0.25) is 4.79 Å². The minimum absolute atomic E-state index is 0.0469. The second-order valence-corrected chi connectivity index (χ2v) is 7.20. The highest BCUT2D eigenvalue weighted by Crippen LogP contribution is 2.31. The van der Waals surface area contributed by atoms with Crippen molar-refractivity contribution in [1.29, 1.82) is 0 Å². The molecule has 3 aromatic rings. The summed E-state index contributed by atoms with van der Waals surface area (Å²) in [6.45, 7) is 2.14. The molecule has 3 rings (SSSR count). The number of halogens is 1. The van der Waals surface area contributed by atoms with E-state index in [1.54, 1.807) is 19.1 Å². The maximum atomic E-state index is 13.2. The van der Waals surface area contributed by atoms with Crippen molar-refractivity contribution in [3.8, 4) is 5.75 Å². The predicted octanol–water partition coefficient (Wildman–Crippen LogP) is 3.26. The number of carbonyl (C=O) groups excluding carboxylic acids is 1. The number of benzene rings is 3. The summed E-state index contributed by atoms with van der Waals surface area (Å²) in [5.41, 5.74) is 0.590. The van der Waals surface area contributed by atoms with E-state index < -0.39 is 15.8 Å². The van der Waals surface area contributed by atoms with Crippen LogP contribution in [0.2, 0.25) is 0 Å². The molecule has 0 atom stereocenters. The van der Waals surface area contributed by atoms with E-state index in [1.807, 2.05) is 0 Å². The number of primary sulfonamides is 1. The van der Waals surface area contributed by atoms with Crippen LogP contribution in [-0.4, -0.2) is 20.8 Å². The molecule has 134 valence electrons. The van der Waals surface area contributed by atoms with E-state index in [0.717, 1.165) is 0 Å². The zero-order valence-corrected chi connectivity index (χ0v) is 14.7. The fourth-order valence-electron chi connectivity index (χ4n) is 2.72. The molecule has 0 aliphatic rings. The van der Waals surface area contributed by atoms with Gasteiger partial charge in [0.15, 0.2) is 5.78 Å². The number of sulfonamides is 1. The fraction of sp³-hybridized carbons (Fsp3) is 0.105. The quantitative estimate of drug-likeness (QED) is 0.696. The van der Waals surface area contributed by atoms with Crippen LogP contribution in [0.15, 0.2) is 59.5 Å². The molecule has 5 nitrogen and oxygen atoms in total. The molecule has 0 aromatic heterocycles. The highest BCUT2D eigenvalue weighted by atomic mass is 32.2. The largest absolute Gasteiger partial charge is 0.493 e. The van der Waals surface area contributed by atoms with Gasteiger partial charge in [-0.1, -0.05) is 12.1 Å². The molecule has 7 heteroatoms. The number of ether oxygens (including phenoxy) is 1. The van der Waals surface area contributed by atoms with E-state index in [4.69, 9.17) is 9.88 Å². The lowest BCUT2D eigenvalue weighted by molar-refractivity contribution is 0.103. The van der Waals surface area contributed by atoms with Crippen LogP contribution in [-0.2, 0) is 10.0 Å². The number of nitrogens with two attached hydrogens (primary N) is 1. The third-order valence-electron chi connectivity index (χ3n) is 3.91. The topological polar surface area (TPSA) is 86.5 Å². The third kappa shape index (κ3) is 3.44. The standard InChI is InChI=1S/C19H16FNO4S/c1-2-25-17-10-5-13-11-15(26(21,23)24)8-9-16(13)18(17)19(22)12-3-6-14(20)7-4-12/h3-11H,2H2,1H3,(H2,21,23,24). The molecule has 3 aromatic carbocycles. The number of hydrogen-bond acceptors (Lipinski definition) is 4. The lowest BCUT2D eigenvalue weighted by Crippen LogP contribution is -2.12. The molecule has 0 saturated carbocycles. The Morgan fingerprint density at radius 1 is 1.08 bits per heavy atom. The molecule has 0 radical (unpaired) electrons. The Labute approximate surface area is 150 Å². The number of carbonyl (C=O) groups is 1. The first kappa shape index (κ1) is 18.0. The molecule has 0 bridgehead atoms. The van der Waals surface area contributed by atoms with Gasteiger partial charge >= 0.3 is 0 Å². The van der Waals surface area contributed by atoms with E-state index in [2.05, 4.69) is 0 Å². The molecular formula is C19H16FNO4S. The van der Waals surface area contributed by atoms with Gasteiger partial charge in [0.05, 0.1) is 17.1 Å². The van der Waals surface area contributed by atoms with E-state index >= 15 is 0 Å².